The zero-order valence-electron chi connectivity index (χ0n) is 11.4. The number of morpholine rings is 1. The molecular formula is C14H20N2O3S. The minimum Gasteiger partial charge on any atom is -0.379 e. The molecule has 2 fully saturated rings. The quantitative estimate of drug-likeness (QED) is 0.909. The molecule has 3 rings (SSSR count). The van der Waals surface area contributed by atoms with Crippen molar-refractivity contribution in [3.8, 4) is 0 Å². The number of benzene rings is 1. The Morgan fingerprint density at radius 1 is 1.10 bits per heavy atom. The summed E-state index contributed by atoms with van der Waals surface area (Å²) < 4.78 is 34.7. The van der Waals surface area contributed by atoms with Gasteiger partial charge in [0.15, 0.2) is 0 Å². The monoisotopic (exact) mass is 296 g/mol. The molecule has 0 amide bonds. The topological polar surface area (TPSA) is 58.6 Å². The maximum absolute atomic E-state index is 12.5. The predicted molar refractivity (Wildman–Crippen MR) is 76.4 cm³/mol. The van der Waals surface area contributed by atoms with Crippen LogP contribution in [-0.4, -0.2) is 39.0 Å². The number of nitrogens with one attached hydrogen (secondary N) is 1. The molecule has 110 valence electrons. The second-order valence-corrected chi connectivity index (χ2v) is 7.09. The van der Waals surface area contributed by atoms with Crippen LogP contribution >= 0.6 is 0 Å². The van der Waals surface area contributed by atoms with Gasteiger partial charge in [-0.1, -0.05) is 30.3 Å². The van der Waals surface area contributed by atoms with Crippen LogP contribution in [0.2, 0.25) is 0 Å². The molecule has 0 radical (unpaired) electrons. The average Bonchev–Trinajstić information content (AvgIpc) is 2.45. The highest BCUT2D eigenvalue weighted by molar-refractivity contribution is 7.87. The van der Waals surface area contributed by atoms with Gasteiger partial charge in [-0.3, -0.25) is 0 Å². The van der Waals surface area contributed by atoms with E-state index in [0.29, 0.717) is 26.3 Å². The number of rotatable bonds is 4. The van der Waals surface area contributed by atoms with Crippen LogP contribution in [0.15, 0.2) is 30.3 Å². The summed E-state index contributed by atoms with van der Waals surface area (Å²) in [5.74, 6) is 0. The summed E-state index contributed by atoms with van der Waals surface area (Å²) in [7, 11) is -3.45. The summed E-state index contributed by atoms with van der Waals surface area (Å²) in [4.78, 5) is 0. The molecule has 1 N–H and O–H groups in total. The molecule has 1 aliphatic carbocycles. The molecule has 0 bridgehead atoms. The Hall–Kier alpha value is -0.950. The van der Waals surface area contributed by atoms with Crippen LogP contribution in [0.5, 0.6) is 0 Å². The van der Waals surface area contributed by atoms with Crippen LogP contribution in [0.25, 0.3) is 0 Å². The lowest BCUT2D eigenvalue weighted by Crippen LogP contribution is -2.56. The van der Waals surface area contributed by atoms with Gasteiger partial charge in [0.25, 0.3) is 10.2 Å². The minimum absolute atomic E-state index is 0.418. The van der Waals surface area contributed by atoms with E-state index in [-0.39, 0.29) is 0 Å². The van der Waals surface area contributed by atoms with Crippen LogP contribution < -0.4 is 4.72 Å². The summed E-state index contributed by atoms with van der Waals surface area (Å²) in [6.45, 7) is 1.80. The number of hydrogen-bond acceptors (Lipinski definition) is 3. The second-order valence-electron chi connectivity index (χ2n) is 5.42. The van der Waals surface area contributed by atoms with Crippen molar-refractivity contribution >= 4 is 10.2 Å². The van der Waals surface area contributed by atoms with E-state index >= 15 is 0 Å². The van der Waals surface area contributed by atoms with Crippen molar-refractivity contribution in [2.24, 2.45) is 0 Å². The molecule has 0 aromatic heterocycles. The summed E-state index contributed by atoms with van der Waals surface area (Å²) in [6.07, 6.45) is 2.78. The van der Waals surface area contributed by atoms with Gasteiger partial charge in [-0.2, -0.15) is 17.4 Å². The first-order valence-electron chi connectivity index (χ1n) is 7.05. The zero-order chi connectivity index (χ0) is 14.1. The van der Waals surface area contributed by atoms with E-state index in [2.05, 4.69) is 4.72 Å². The maximum atomic E-state index is 12.5. The zero-order valence-corrected chi connectivity index (χ0v) is 12.2. The Balaban J connectivity index is 1.81. The molecule has 0 atom stereocenters. The van der Waals surface area contributed by atoms with Crippen molar-refractivity contribution in [3.63, 3.8) is 0 Å². The largest absolute Gasteiger partial charge is 0.379 e. The minimum atomic E-state index is -3.45. The van der Waals surface area contributed by atoms with Gasteiger partial charge >= 0.3 is 0 Å². The van der Waals surface area contributed by atoms with Crippen LogP contribution in [0.4, 0.5) is 0 Å². The van der Waals surface area contributed by atoms with E-state index in [1.807, 2.05) is 30.3 Å². The highest BCUT2D eigenvalue weighted by atomic mass is 32.2. The Morgan fingerprint density at radius 2 is 1.75 bits per heavy atom. The third-order valence-corrected chi connectivity index (χ3v) is 5.86. The first-order valence-corrected chi connectivity index (χ1v) is 8.49. The smallest absolute Gasteiger partial charge is 0.280 e. The van der Waals surface area contributed by atoms with Gasteiger partial charge in [-0.15, -0.1) is 0 Å². The Labute approximate surface area is 120 Å². The summed E-state index contributed by atoms with van der Waals surface area (Å²) >= 11 is 0. The van der Waals surface area contributed by atoms with Gasteiger partial charge in [-0.25, -0.2) is 0 Å². The average molecular weight is 296 g/mol. The van der Waals surface area contributed by atoms with Crippen LogP contribution in [-0.2, 0) is 20.5 Å². The normalized spacial score (nSPS) is 23.2. The predicted octanol–water partition coefficient (Wildman–Crippen LogP) is 1.23. The highest BCUT2D eigenvalue weighted by Crippen LogP contribution is 2.41. The van der Waals surface area contributed by atoms with E-state index in [9.17, 15) is 8.42 Å². The van der Waals surface area contributed by atoms with Crippen molar-refractivity contribution in [2.75, 3.05) is 26.3 Å². The number of hydrogen-bond donors (Lipinski definition) is 1. The fraction of sp³-hybridized carbons (Fsp3) is 0.571. The number of ether oxygens (including phenoxy) is 1. The summed E-state index contributed by atoms with van der Waals surface area (Å²) in [5.41, 5.74) is 0.640. The first kappa shape index (κ1) is 14.0. The molecule has 0 unspecified atom stereocenters. The molecule has 1 heterocycles. The Bertz CT molecular complexity index is 549. The van der Waals surface area contributed by atoms with E-state index in [4.69, 9.17) is 4.74 Å². The molecule has 20 heavy (non-hydrogen) atoms. The molecule has 1 saturated carbocycles. The summed E-state index contributed by atoms with van der Waals surface area (Å²) in [6, 6.07) is 9.87. The van der Waals surface area contributed by atoms with Crippen molar-refractivity contribution in [3.05, 3.63) is 35.9 Å². The van der Waals surface area contributed by atoms with Gasteiger partial charge in [0, 0.05) is 13.1 Å². The SMILES string of the molecule is O=S(=O)(NC1(c2ccccc2)CCC1)N1CCOCC1. The molecule has 6 heteroatoms. The van der Waals surface area contributed by atoms with Gasteiger partial charge in [0.1, 0.15) is 0 Å². The molecular weight excluding hydrogens is 276 g/mol. The highest BCUT2D eigenvalue weighted by Gasteiger charge is 2.43. The maximum Gasteiger partial charge on any atom is 0.280 e. The molecule has 1 aromatic carbocycles. The standard InChI is InChI=1S/C14H20N2O3S/c17-20(18,16-9-11-19-12-10-16)15-14(7-4-8-14)13-5-2-1-3-6-13/h1-3,5-6,15H,4,7-12H2. The van der Waals surface area contributed by atoms with Crippen molar-refractivity contribution in [2.45, 2.75) is 24.8 Å². The fourth-order valence-electron chi connectivity index (χ4n) is 2.84. The molecule has 1 aliphatic heterocycles. The number of nitrogens with zero attached hydrogens (tertiary/aromatic N) is 1. The molecule has 1 saturated heterocycles. The second kappa shape index (κ2) is 5.44. The van der Waals surface area contributed by atoms with Gasteiger partial charge in [-0.05, 0) is 24.8 Å². The van der Waals surface area contributed by atoms with Crippen molar-refractivity contribution in [1.82, 2.24) is 9.03 Å². The first-order chi connectivity index (χ1) is 9.62. The lowest BCUT2D eigenvalue weighted by Gasteiger charge is -2.44. The van der Waals surface area contributed by atoms with Crippen molar-refractivity contribution in [1.29, 1.82) is 0 Å². The molecule has 2 aliphatic rings. The van der Waals surface area contributed by atoms with Gasteiger partial charge in [0.05, 0.1) is 18.8 Å². The van der Waals surface area contributed by atoms with Crippen LogP contribution in [0.3, 0.4) is 0 Å². The van der Waals surface area contributed by atoms with Crippen LogP contribution in [0.1, 0.15) is 24.8 Å². The molecule has 5 nitrogen and oxygen atoms in total. The van der Waals surface area contributed by atoms with E-state index in [1.54, 1.807) is 0 Å². The van der Waals surface area contributed by atoms with Gasteiger partial charge in [0.2, 0.25) is 0 Å². The third-order valence-electron chi connectivity index (χ3n) is 4.17. The fourth-order valence-corrected chi connectivity index (χ4v) is 4.41. The molecule has 1 aromatic rings. The van der Waals surface area contributed by atoms with E-state index < -0.39 is 15.7 Å². The molecule has 0 spiro atoms. The summed E-state index contributed by atoms with van der Waals surface area (Å²) in [5, 5.41) is 0. The lowest BCUT2D eigenvalue weighted by atomic mass is 9.73. The Kier molecular flexibility index (Phi) is 3.81. The van der Waals surface area contributed by atoms with Crippen LogP contribution in [0, 0.1) is 0 Å². The van der Waals surface area contributed by atoms with Crippen molar-refractivity contribution < 1.29 is 13.2 Å². The van der Waals surface area contributed by atoms with Gasteiger partial charge < -0.3 is 4.74 Å². The lowest BCUT2D eigenvalue weighted by molar-refractivity contribution is 0.0710. The third kappa shape index (κ3) is 2.61. The van der Waals surface area contributed by atoms with E-state index in [1.165, 1.54) is 4.31 Å². The van der Waals surface area contributed by atoms with E-state index in [0.717, 1.165) is 24.8 Å². The Morgan fingerprint density at radius 3 is 2.30 bits per heavy atom.